The molecule has 0 aliphatic rings. The van der Waals surface area contributed by atoms with E-state index in [2.05, 4.69) is 142 Å². The number of rotatable bonds is 54. The zero-order valence-corrected chi connectivity index (χ0v) is 48.1. The maximum Gasteiger partial charge on any atom is 0.306 e. The van der Waals surface area contributed by atoms with Gasteiger partial charge in [0.2, 0.25) is 0 Å². The van der Waals surface area contributed by atoms with Crippen molar-refractivity contribution >= 4 is 17.9 Å². The van der Waals surface area contributed by atoms with Crippen LogP contribution in [0.15, 0.2) is 122 Å². The molecule has 0 aliphatic carbocycles. The summed E-state index contributed by atoms with van der Waals surface area (Å²) >= 11 is 0. The number of carbonyl (C=O) groups excluding carboxylic acids is 3. The third kappa shape index (κ3) is 58.7. The van der Waals surface area contributed by atoms with Crippen molar-refractivity contribution in [3.05, 3.63) is 122 Å². The van der Waals surface area contributed by atoms with E-state index in [9.17, 15) is 14.4 Å². The Morgan fingerprint density at radius 1 is 0.284 bits per heavy atom. The molecule has 0 saturated carbocycles. The molecule has 0 heterocycles. The minimum atomic E-state index is -0.785. The second-order valence-corrected chi connectivity index (χ2v) is 19.9. The molecule has 0 N–H and O–H groups in total. The van der Waals surface area contributed by atoms with E-state index in [1.807, 2.05) is 0 Å². The third-order valence-corrected chi connectivity index (χ3v) is 12.7. The highest BCUT2D eigenvalue weighted by molar-refractivity contribution is 5.71. The predicted octanol–water partition coefficient (Wildman–Crippen LogP) is 20.8. The van der Waals surface area contributed by atoms with Gasteiger partial charge in [0.05, 0.1) is 0 Å². The molecule has 0 rings (SSSR count). The first-order valence-corrected chi connectivity index (χ1v) is 30.5. The summed E-state index contributed by atoms with van der Waals surface area (Å²) in [5.41, 5.74) is 0. The van der Waals surface area contributed by atoms with Gasteiger partial charge in [0, 0.05) is 19.3 Å². The fourth-order valence-corrected chi connectivity index (χ4v) is 8.18. The van der Waals surface area contributed by atoms with Gasteiger partial charge in [-0.25, -0.2) is 0 Å². The van der Waals surface area contributed by atoms with Crippen LogP contribution in [0.2, 0.25) is 0 Å². The summed E-state index contributed by atoms with van der Waals surface area (Å²) in [6.45, 7) is 6.47. The van der Waals surface area contributed by atoms with Crippen molar-refractivity contribution in [1.29, 1.82) is 0 Å². The van der Waals surface area contributed by atoms with Crippen molar-refractivity contribution in [2.24, 2.45) is 0 Å². The zero-order chi connectivity index (χ0) is 53.6. The van der Waals surface area contributed by atoms with Crippen LogP contribution in [0, 0.1) is 0 Å². The Morgan fingerprint density at radius 2 is 0.527 bits per heavy atom. The van der Waals surface area contributed by atoms with Gasteiger partial charge in [-0.3, -0.25) is 14.4 Å². The van der Waals surface area contributed by atoms with Gasteiger partial charge in [-0.05, 0) is 96.3 Å². The van der Waals surface area contributed by atoms with Crippen LogP contribution < -0.4 is 0 Å². The van der Waals surface area contributed by atoms with E-state index in [0.29, 0.717) is 19.3 Å². The fraction of sp³-hybridized carbons (Fsp3) is 0.662. The summed E-state index contributed by atoms with van der Waals surface area (Å²) in [6, 6.07) is 0. The summed E-state index contributed by atoms with van der Waals surface area (Å²) in [4.78, 5) is 38.0. The number of carbonyl (C=O) groups is 3. The minimum Gasteiger partial charge on any atom is -0.462 e. The first-order chi connectivity index (χ1) is 36.5. The molecule has 74 heavy (non-hydrogen) atoms. The van der Waals surface area contributed by atoms with Crippen LogP contribution in [0.25, 0.3) is 0 Å². The van der Waals surface area contributed by atoms with Crippen molar-refractivity contribution in [3.8, 4) is 0 Å². The lowest BCUT2D eigenvalue weighted by atomic mass is 10.0. The minimum absolute atomic E-state index is 0.0844. The maximum absolute atomic E-state index is 12.8. The molecule has 0 aliphatic heterocycles. The number of hydrogen-bond acceptors (Lipinski definition) is 6. The molecule has 0 bridgehead atoms. The van der Waals surface area contributed by atoms with Gasteiger partial charge < -0.3 is 14.2 Å². The Bertz CT molecular complexity index is 1550. The topological polar surface area (TPSA) is 78.9 Å². The summed E-state index contributed by atoms with van der Waals surface area (Å²) in [6.07, 6.45) is 85.0. The SMILES string of the molecule is CC/C=C\C/C=C\C/C=C\C/C=C\C/C=C\C/C=C\C/C=C\C/C=C\C/C=C\C/C=C\CCCCCCC(=O)OCC(COC(=O)CCCCCCCCCC)OC(=O)CCCCCCCCCCCCCCC. The fourth-order valence-electron chi connectivity index (χ4n) is 8.18. The average molecular weight is 1030 g/mol. The van der Waals surface area contributed by atoms with Gasteiger partial charge in [0.15, 0.2) is 6.10 Å². The quantitative estimate of drug-likeness (QED) is 0.0261. The molecule has 420 valence electrons. The molecule has 0 saturated heterocycles. The first kappa shape index (κ1) is 69.8. The Kier molecular flexibility index (Phi) is 57.9. The van der Waals surface area contributed by atoms with Gasteiger partial charge in [0.1, 0.15) is 13.2 Å². The van der Waals surface area contributed by atoms with Crippen LogP contribution in [-0.4, -0.2) is 37.2 Å². The molecule has 1 unspecified atom stereocenters. The maximum atomic E-state index is 12.8. The number of ether oxygens (including phenoxy) is 3. The van der Waals surface area contributed by atoms with Crippen LogP contribution in [0.5, 0.6) is 0 Å². The van der Waals surface area contributed by atoms with Crippen LogP contribution in [0.4, 0.5) is 0 Å². The lowest BCUT2D eigenvalue weighted by Crippen LogP contribution is -2.30. The van der Waals surface area contributed by atoms with E-state index in [1.54, 1.807) is 0 Å². The molecule has 0 spiro atoms. The lowest BCUT2D eigenvalue weighted by Gasteiger charge is -2.18. The van der Waals surface area contributed by atoms with Crippen LogP contribution >= 0.6 is 0 Å². The standard InChI is InChI=1S/C68H112O6/c1-4-7-10-13-16-19-21-23-24-25-26-27-28-29-30-31-32-33-34-35-36-37-38-39-40-41-42-43-44-46-47-49-52-55-58-61-67(70)73-64-65(63-72-66(69)60-57-54-51-18-15-12-9-6-3)74-68(71)62-59-56-53-50-48-45-22-20-17-14-11-8-5-2/h7,10,16,19,23-24,26-27,29-30,32-33,35-36,38-39,41-42,44,46,65H,4-6,8-9,11-15,17-18,20-22,25,28,31,34,37,40,43,45,47-64H2,1-3H3/b10-7-,19-16-,24-23-,27-26-,30-29-,33-32-,36-35-,39-38-,42-41-,46-44-. The Hall–Kier alpha value is -4.19. The number of esters is 3. The number of unbranched alkanes of at least 4 members (excludes halogenated alkanes) is 23. The molecule has 0 aromatic rings. The van der Waals surface area contributed by atoms with E-state index in [-0.39, 0.29) is 31.1 Å². The van der Waals surface area contributed by atoms with Crippen molar-refractivity contribution in [2.45, 2.75) is 277 Å². The van der Waals surface area contributed by atoms with Crippen LogP contribution in [0.1, 0.15) is 271 Å². The second kappa shape index (κ2) is 61.4. The zero-order valence-electron chi connectivity index (χ0n) is 48.1. The molecule has 6 nitrogen and oxygen atoms in total. The largest absolute Gasteiger partial charge is 0.462 e. The Morgan fingerprint density at radius 3 is 0.824 bits per heavy atom. The van der Waals surface area contributed by atoms with E-state index in [0.717, 1.165) is 135 Å². The van der Waals surface area contributed by atoms with Gasteiger partial charge in [0.25, 0.3) is 0 Å². The molecule has 6 heteroatoms. The highest BCUT2D eigenvalue weighted by Gasteiger charge is 2.19. The summed E-state index contributed by atoms with van der Waals surface area (Å²) in [5, 5.41) is 0. The monoisotopic (exact) mass is 1020 g/mol. The van der Waals surface area contributed by atoms with Crippen molar-refractivity contribution < 1.29 is 28.6 Å². The Balaban J connectivity index is 4.19. The lowest BCUT2D eigenvalue weighted by molar-refractivity contribution is -0.167. The molecule has 0 aromatic heterocycles. The van der Waals surface area contributed by atoms with Gasteiger partial charge in [-0.15, -0.1) is 0 Å². The van der Waals surface area contributed by atoms with E-state index >= 15 is 0 Å². The molecular weight excluding hydrogens is 913 g/mol. The number of allylic oxidation sites excluding steroid dienone is 20. The smallest absolute Gasteiger partial charge is 0.306 e. The van der Waals surface area contributed by atoms with E-state index in [4.69, 9.17) is 14.2 Å². The van der Waals surface area contributed by atoms with Gasteiger partial charge in [-0.2, -0.15) is 0 Å². The first-order valence-electron chi connectivity index (χ1n) is 30.5. The highest BCUT2D eigenvalue weighted by Crippen LogP contribution is 2.15. The molecular formula is C68H112O6. The van der Waals surface area contributed by atoms with Gasteiger partial charge >= 0.3 is 17.9 Å². The molecule has 0 amide bonds. The second-order valence-electron chi connectivity index (χ2n) is 19.9. The third-order valence-electron chi connectivity index (χ3n) is 12.7. The predicted molar refractivity (Wildman–Crippen MR) is 320 cm³/mol. The van der Waals surface area contributed by atoms with Crippen LogP contribution in [0.3, 0.4) is 0 Å². The summed E-state index contributed by atoms with van der Waals surface area (Å²) in [5.74, 6) is -0.913. The normalized spacial score (nSPS) is 13.0. The molecule has 0 radical (unpaired) electrons. The highest BCUT2D eigenvalue weighted by atomic mass is 16.6. The van der Waals surface area contributed by atoms with Gasteiger partial charge in [-0.1, -0.05) is 277 Å². The molecule has 0 fully saturated rings. The van der Waals surface area contributed by atoms with Crippen LogP contribution in [-0.2, 0) is 28.6 Å². The molecule has 0 aromatic carbocycles. The number of hydrogen-bond donors (Lipinski definition) is 0. The Labute approximate surface area is 456 Å². The average Bonchev–Trinajstić information content (AvgIpc) is 3.40. The summed E-state index contributed by atoms with van der Waals surface area (Å²) in [7, 11) is 0. The van der Waals surface area contributed by atoms with E-state index in [1.165, 1.54) is 96.3 Å². The summed E-state index contributed by atoms with van der Waals surface area (Å²) < 4.78 is 16.8. The van der Waals surface area contributed by atoms with Crippen molar-refractivity contribution in [3.63, 3.8) is 0 Å². The van der Waals surface area contributed by atoms with Crippen molar-refractivity contribution in [2.75, 3.05) is 13.2 Å². The van der Waals surface area contributed by atoms with E-state index < -0.39 is 6.10 Å². The van der Waals surface area contributed by atoms with Crippen molar-refractivity contribution in [1.82, 2.24) is 0 Å². The molecule has 1 atom stereocenters.